The van der Waals surface area contributed by atoms with Crippen molar-refractivity contribution in [1.82, 2.24) is 15.5 Å². The molecule has 0 spiro atoms. The van der Waals surface area contributed by atoms with E-state index in [0.29, 0.717) is 0 Å². The van der Waals surface area contributed by atoms with Crippen LogP contribution in [0.15, 0.2) is 24.3 Å². The van der Waals surface area contributed by atoms with Crippen molar-refractivity contribution in [1.29, 1.82) is 0 Å². The minimum atomic E-state index is -0.0290. The van der Waals surface area contributed by atoms with Crippen LogP contribution in [0.4, 0.5) is 0 Å². The van der Waals surface area contributed by atoms with Gasteiger partial charge in [0.05, 0.1) is 0 Å². The van der Waals surface area contributed by atoms with E-state index in [0.717, 1.165) is 38.3 Å². The van der Waals surface area contributed by atoms with Gasteiger partial charge in [-0.3, -0.25) is 9.69 Å². The summed E-state index contributed by atoms with van der Waals surface area (Å²) in [5.74, 6) is -0.0290. The summed E-state index contributed by atoms with van der Waals surface area (Å²) < 4.78 is 0. The van der Waals surface area contributed by atoms with Crippen LogP contribution in [0.1, 0.15) is 15.9 Å². The van der Waals surface area contributed by atoms with Gasteiger partial charge in [-0.2, -0.15) is 0 Å². The van der Waals surface area contributed by atoms with Crippen LogP contribution < -0.4 is 10.6 Å². The van der Waals surface area contributed by atoms with Crippen molar-refractivity contribution in [3.63, 3.8) is 0 Å². The number of hydrogen-bond acceptors (Lipinski definition) is 3. The molecule has 0 saturated carbocycles. The highest BCUT2D eigenvalue weighted by Gasteiger charge is 2.10. The fraction of sp³-hybridized carbons (Fsp3) is 0.462. The predicted molar refractivity (Wildman–Crippen MR) is 75.2 cm³/mol. The molecule has 2 rings (SSSR count). The van der Waals surface area contributed by atoms with Gasteiger partial charge in [0.15, 0.2) is 0 Å². The highest BCUT2D eigenvalue weighted by molar-refractivity contribution is 5.93. The van der Waals surface area contributed by atoms with Gasteiger partial charge < -0.3 is 10.6 Å². The molecule has 2 N–H and O–H groups in total. The first-order valence-electron chi connectivity index (χ1n) is 6.03. The summed E-state index contributed by atoms with van der Waals surface area (Å²) in [6.07, 6.45) is 0. The second kappa shape index (κ2) is 7.36. The van der Waals surface area contributed by atoms with E-state index >= 15 is 0 Å². The fourth-order valence-corrected chi connectivity index (χ4v) is 2.03. The average Bonchev–Trinajstić information content (AvgIpc) is 2.40. The number of carbonyl (C=O) groups is 1. The third-order valence-corrected chi connectivity index (χ3v) is 3.06. The van der Waals surface area contributed by atoms with Crippen molar-refractivity contribution in [2.45, 2.75) is 6.54 Å². The first-order chi connectivity index (χ1) is 8.29. The Morgan fingerprint density at radius 3 is 2.44 bits per heavy atom. The van der Waals surface area contributed by atoms with E-state index < -0.39 is 0 Å². The maximum Gasteiger partial charge on any atom is 0.251 e. The number of benzene rings is 1. The van der Waals surface area contributed by atoms with Crippen molar-refractivity contribution >= 4 is 18.3 Å². The molecule has 0 atom stereocenters. The monoisotopic (exact) mass is 269 g/mol. The topological polar surface area (TPSA) is 44.4 Å². The zero-order chi connectivity index (χ0) is 12.1. The second-order valence-corrected chi connectivity index (χ2v) is 4.30. The summed E-state index contributed by atoms with van der Waals surface area (Å²) in [5, 5.41) is 5.96. The molecule has 1 heterocycles. The van der Waals surface area contributed by atoms with E-state index in [1.165, 1.54) is 5.56 Å². The van der Waals surface area contributed by atoms with Gasteiger partial charge in [0.1, 0.15) is 0 Å². The summed E-state index contributed by atoms with van der Waals surface area (Å²) in [6.45, 7) is 5.29. The molecule has 0 aromatic heterocycles. The van der Waals surface area contributed by atoms with Gasteiger partial charge in [0, 0.05) is 45.3 Å². The van der Waals surface area contributed by atoms with Crippen LogP contribution in [0, 0.1) is 0 Å². The van der Waals surface area contributed by atoms with Crippen LogP contribution in [-0.4, -0.2) is 44.0 Å². The SMILES string of the molecule is CNC(=O)c1ccc(CN2CCNCC2)cc1.Cl. The van der Waals surface area contributed by atoms with E-state index in [4.69, 9.17) is 0 Å². The number of nitrogens with zero attached hydrogens (tertiary/aromatic N) is 1. The minimum absolute atomic E-state index is 0. The molecule has 18 heavy (non-hydrogen) atoms. The number of rotatable bonds is 3. The zero-order valence-electron chi connectivity index (χ0n) is 10.6. The Balaban J connectivity index is 0.00000162. The molecule has 4 nitrogen and oxygen atoms in total. The van der Waals surface area contributed by atoms with Crippen LogP contribution in [0.5, 0.6) is 0 Å². The molecule has 0 radical (unpaired) electrons. The van der Waals surface area contributed by atoms with E-state index in [-0.39, 0.29) is 18.3 Å². The number of carbonyl (C=O) groups excluding carboxylic acids is 1. The van der Waals surface area contributed by atoms with Gasteiger partial charge in [-0.1, -0.05) is 12.1 Å². The van der Waals surface area contributed by atoms with Crippen molar-refractivity contribution in [3.8, 4) is 0 Å². The van der Waals surface area contributed by atoms with E-state index in [9.17, 15) is 4.79 Å². The van der Waals surface area contributed by atoms with Crippen molar-refractivity contribution < 1.29 is 4.79 Å². The molecule has 1 saturated heterocycles. The largest absolute Gasteiger partial charge is 0.355 e. The second-order valence-electron chi connectivity index (χ2n) is 4.30. The molecule has 1 aromatic carbocycles. The van der Waals surface area contributed by atoms with Gasteiger partial charge in [-0.15, -0.1) is 12.4 Å². The molecule has 0 aliphatic carbocycles. The number of hydrogen-bond donors (Lipinski definition) is 2. The maximum atomic E-state index is 11.4. The predicted octanol–water partition coefficient (Wildman–Crippen LogP) is 0.873. The molecule has 1 fully saturated rings. The summed E-state index contributed by atoms with van der Waals surface area (Å²) in [4.78, 5) is 13.8. The smallest absolute Gasteiger partial charge is 0.251 e. The summed E-state index contributed by atoms with van der Waals surface area (Å²) in [7, 11) is 1.65. The maximum absolute atomic E-state index is 11.4. The summed E-state index contributed by atoms with van der Waals surface area (Å²) in [5.41, 5.74) is 1.98. The molecular weight excluding hydrogens is 250 g/mol. The standard InChI is InChI=1S/C13H19N3O.ClH/c1-14-13(17)12-4-2-11(3-5-12)10-16-8-6-15-7-9-16;/h2-5,15H,6-10H2,1H3,(H,14,17);1H. The first-order valence-corrected chi connectivity index (χ1v) is 6.03. The Labute approximate surface area is 114 Å². The number of piperazine rings is 1. The van der Waals surface area contributed by atoms with Gasteiger partial charge in [-0.05, 0) is 17.7 Å². The molecule has 100 valence electrons. The lowest BCUT2D eigenvalue weighted by Gasteiger charge is -2.27. The average molecular weight is 270 g/mol. The first kappa shape index (κ1) is 15.0. The molecular formula is C13H20ClN3O. The molecule has 0 unspecified atom stereocenters. The lowest BCUT2D eigenvalue weighted by molar-refractivity contribution is 0.0963. The van der Waals surface area contributed by atoms with Crippen molar-refractivity contribution in [2.24, 2.45) is 0 Å². The van der Waals surface area contributed by atoms with Crippen LogP contribution in [-0.2, 0) is 6.54 Å². The normalized spacial score (nSPS) is 15.8. The number of nitrogens with one attached hydrogen (secondary N) is 2. The van der Waals surface area contributed by atoms with Crippen LogP contribution in [0.25, 0.3) is 0 Å². The Hall–Kier alpha value is -1.10. The summed E-state index contributed by atoms with van der Waals surface area (Å²) in [6, 6.07) is 7.84. The van der Waals surface area contributed by atoms with Gasteiger partial charge in [0.25, 0.3) is 5.91 Å². The molecule has 1 amide bonds. The molecule has 1 aliphatic heterocycles. The highest BCUT2D eigenvalue weighted by Crippen LogP contribution is 2.08. The molecule has 1 aromatic rings. The van der Waals surface area contributed by atoms with Crippen LogP contribution in [0.3, 0.4) is 0 Å². The Bertz CT molecular complexity index is 374. The van der Waals surface area contributed by atoms with Crippen LogP contribution >= 0.6 is 12.4 Å². The summed E-state index contributed by atoms with van der Waals surface area (Å²) >= 11 is 0. The molecule has 0 bridgehead atoms. The van der Waals surface area contributed by atoms with Gasteiger partial charge in [-0.25, -0.2) is 0 Å². The third-order valence-electron chi connectivity index (χ3n) is 3.06. The Kier molecular flexibility index (Phi) is 6.12. The molecule has 1 aliphatic rings. The number of amides is 1. The van der Waals surface area contributed by atoms with Crippen molar-refractivity contribution in [3.05, 3.63) is 35.4 Å². The highest BCUT2D eigenvalue weighted by atomic mass is 35.5. The Morgan fingerprint density at radius 1 is 1.28 bits per heavy atom. The lowest BCUT2D eigenvalue weighted by Crippen LogP contribution is -2.42. The van der Waals surface area contributed by atoms with Gasteiger partial charge in [0.2, 0.25) is 0 Å². The van der Waals surface area contributed by atoms with E-state index in [2.05, 4.69) is 15.5 Å². The quantitative estimate of drug-likeness (QED) is 0.856. The Morgan fingerprint density at radius 2 is 1.89 bits per heavy atom. The molecule has 5 heteroatoms. The van der Waals surface area contributed by atoms with Gasteiger partial charge >= 0.3 is 0 Å². The number of halogens is 1. The lowest BCUT2D eigenvalue weighted by atomic mass is 10.1. The minimum Gasteiger partial charge on any atom is -0.355 e. The van der Waals surface area contributed by atoms with E-state index in [1.54, 1.807) is 7.05 Å². The third kappa shape index (κ3) is 3.98. The van der Waals surface area contributed by atoms with Crippen LogP contribution in [0.2, 0.25) is 0 Å². The van der Waals surface area contributed by atoms with Crippen molar-refractivity contribution in [2.75, 3.05) is 33.2 Å². The fourth-order valence-electron chi connectivity index (χ4n) is 2.03. The van der Waals surface area contributed by atoms with E-state index in [1.807, 2.05) is 24.3 Å². The zero-order valence-corrected chi connectivity index (χ0v) is 11.4.